The Hall–Kier alpha value is -2.67. The van der Waals surface area contributed by atoms with Crippen LogP contribution in [0, 0.1) is 0 Å². The molecular formula is C17H17N5OS. The number of nitrogens with zero attached hydrogens (tertiary/aromatic N) is 4. The largest absolute Gasteiger partial charge is 0.338 e. The van der Waals surface area contributed by atoms with Crippen molar-refractivity contribution < 1.29 is 4.79 Å². The molecule has 122 valence electrons. The van der Waals surface area contributed by atoms with Gasteiger partial charge in [-0.15, -0.1) is 0 Å². The second kappa shape index (κ2) is 7.27. The summed E-state index contributed by atoms with van der Waals surface area (Å²) < 4.78 is 1.89. The molecule has 3 rings (SSSR count). The van der Waals surface area contributed by atoms with E-state index in [0.29, 0.717) is 10.7 Å². The fraction of sp³-hybridized carbons (Fsp3) is 0.176. The molecule has 2 aromatic heterocycles. The van der Waals surface area contributed by atoms with Gasteiger partial charge in [0.05, 0.1) is 5.56 Å². The summed E-state index contributed by atoms with van der Waals surface area (Å²) in [5, 5.41) is 3.66. The van der Waals surface area contributed by atoms with Crippen LogP contribution in [0.15, 0.2) is 60.3 Å². The smallest absolute Gasteiger partial charge is 0.255 e. The lowest BCUT2D eigenvalue weighted by Gasteiger charge is -2.19. The predicted octanol–water partition coefficient (Wildman–Crippen LogP) is 2.45. The molecule has 0 saturated carbocycles. The minimum atomic E-state index is -0.348. The third-order valence-electron chi connectivity index (χ3n) is 3.60. The third kappa shape index (κ3) is 3.46. The summed E-state index contributed by atoms with van der Waals surface area (Å²) in [6.45, 7) is 0. The van der Waals surface area contributed by atoms with Gasteiger partial charge < -0.3 is 9.88 Å². The van der Waals surface area contributed by atoms with Gasteiger partial charge in [-0.3, -0.25) is 4.79 Å². The van der Waals surface area contributed by atoms with Crippen LogP contribution in [0.1, 0.15) is 27.8 Å². The van der Waals surface area contributed by atoms with Gasteiger partial charge in [0.15, 0.2) is 5.16 Å². The van der Waals surface area contributed by atoms with Crippen molar-refractivity contribution in [2.45, 2.75) is 11.2 Å². The first-order valence-corrected chi connectivity index (χ1v) is 8.60. The Morgan fingerprint density at radius 3 is 2.46 bits per heavy atom. The monoisotopic (exact) mass is 339 g/mol. The summed E-state index contributed by atoms with van der Waals surface area (Å²) in [5.41, 5.74) is 1.38. The zero-order valence-corrected chi connectivity index (χ0v) is 14.2. The van der Waals surface area contributed by atoms with E-state index in [0.717, 1.165) is 11.4 Å². The number of thioether (sulfide) groups is 1. The molecule has 1 N–H and O–H groups in total. The zero-order valence-electron chi connectivity index (χ0n) is 13.4. The maximum absolute atomic E-state index is 12.6. The lowest BCUT2D eigenvalue weighted by molar-refractivity contribution is 0.0940. The van der Waals surface area contributed by atoms with Gasteiger partial charge in [0.2, 0.25) is 0 Å². The Morgan fingerprint density at radius 1 is 1.17 bits per heavy atom. The Kier molecular flexibility index (Phi) is 4.90. The van der Waals surface area contributed by atoms with E-state index in [4.69, 9.17) is 0 Å². The second-order valence-electron chi connectivity index (χ2n) is 5.17. The van der Waals surface area contributed by atoms with Gasteiger partial charge in [-0.1, -0.05) is 42.1 Å². The average molecular weight is 339 g/mol. The van der Waals surface area contributed by atoms with Crippen molar-refractivity contribution in [3.63, 3.8) is 0 Å². The van der Waals surface area contributed by atoms with Crippen molar-refractivity contribution in [3.8, 4) is 0 Å². The Bertz CT molecular complexity index is 817. The van der Waals surface area contributed by atoms with Gasteiger partial charge >= 0.3 is 0 Å². The van der Waals surface area contributed by atoms with Crippen LogP contribution in [-0.4, -0.2) is 31.7 Å². The number of rotatable bonds is 5. The topological polar surface area (TPSA) is 72.7 Å². The fourth-order valence-electron chi connectivity index (χ4n) is 2.35. The summed E-state index contributed by atoms with van der Waals surface area (Å²) in [6.07, 6.45) is 8.53. The Balaban J connectivity index is 1.89. The highest BCUT2D eigenvalue weighted by atomic mass is 32.2. The van der Waals surface area contributed by atoms with Gasteiger partial charge in [0.25, 0.3) is 5.91 Å². The molecule has 0 spiro atoms. The molecular weight excluding hydrogens is 322 g/mol. The first-order valence-electron chi connectivity index (χ1n) is 7.38. The minimum absolute atomic E-state index is 0.237. The SMILES string of the molecule is CSc1ncc(C(=O)N[C@H](c2ccccc2)c2nccn2C)cn1. The van der Waals surface area contributed by atoms with E-state index in [1.807, 2.05) is 54.4 Å². The highest BCUT2D eigenvalue weighted by Gasteiger charge is 2.21. The number of carbonyl (C=O) groups is 1. The molecule has 0 fully saturated rings. The highest BCUT2D eigenvalue weighted by molar-refractivity contribution is 7.98. The molecule has 0 aliphatic heterocycles. The van der Waals surface area contributed by atoms with Crippen molar-refractivity contribution >= 4 is 17.7 Å². The molecule has 1 aromatic carbocycles. The molecule has 1 atom stereocenters. The first-order chi connectivity index (χ1) is 11.7. The van der Waals surface area contributed by atoms with Crippen molar-refractivity contribution in [2.75, 3.05) is 6.26 Å². The Labute approximate surface area is 144 Å². The van der Waals surface area contributed by atoms with Crippen LogP contribution in [0.4, 0.5) is 0 Å². The number of benzene rings is 1. The number of hydrogen-bond donors (Lipinski definition) is 1. The summed E-state index contributed by atoms with van der Waals surface area (Å²) >= 11 is 1.43. The third-order valence-corrected chi connectivity index (χ3v) is 4.17. The fourth-order valence-corrected chi connectivity index (χ4v) is 2.67. The maximum atomic E-state index is 12.6. The molecule has 0 aliphatic carbocycles. The van der Waals surface area contributed by atoms with E-state index in [-0.39, 0.29) is 11.9 Å². The van der Waals surface area contributed by atoms with Crippen molar-refractivity contribution in [2.24, 2.45) is 7.05 Å². The van der Waals surface area contributed by atoms with E-state index in [9.17, 15) is 4.79 Å². The zero-order chi connectivity index (χ0) is 16.9. The van der Waals surface area contributed by atoms with E-state index in [1.54, 1.807) is 6.20 Å². The van der Waals surface area contributed by atoms with Gasteiger partial charge in [-0.25, -0.2) is 15.0 Å². The lowest BCUT2D eigenvalue weighted by Crippen LogP contribution is -2.31. The summed E-state index contributed by atoms with van der Waals surface area (Å²) in [6, 6.07) is 9.40. The minimum Gasteiger partial charge on any atom is -0.338 e. The molecule has 0 bridgehead atoms. The van der Waals surface area contributed by atoms with Crippen LogP contribution in [0.25, 0.3) is 0 Å². The standard InChI is InChI=1S/C17H17N5OS/c1-22-9-8-18-15(22)14(12-6-4-3-5-7-12)21-16(23)13-10-19-17(24-2)20-11-13/h3-11,14H,1-2H3,(H,21,23)/t14-/m1/s1. The van der Waals surface area contributed by atoms with Gasteiger partial charge in [0, 0.05) is 31.8 Å². The molecule has 0 radical (unpaired) electrons. The number of carbonyl (C=O) groups excluding carboxylic acids is 1. The molecule has 3 aromatic rings. The number of imidazole rings is 1. The molecule has 0 unspecified atom stereocenters. The van der Waals surface area contributed by atoms with E-state index >= 15 is 0 Å². The number of aromatic nitrogens is 4. The number of aryl methyl sites for hydroxylation is 1. The highest BCUT2D eigenvalue weighted by Crippen LogP contribution is 2.20. The second-order valence-corrected chi connectivity index (χ2v) is 5.95. The quantitative estimate of drug-likeness (QED) is 0.571. The van der Waals surface area contributed by atoms with Gasteiger partial charge in [-0.05, 0) is 11.8 Å². The van der Waals surface area contributed by atoms with Crippen molar-refractivity contribution in [1.29, 1.82) is 0 Å². The molecule has 24 heavy (non-hydrogen) atoms. The lowest BCUT2D eigenvalue weighted by atomic mass is 10.1. The average Bonchev–Trinajstić information content (AvgIpc) is 3.06. The maximum Gasteiger partial charge on any atom is 0.255 e. The van der Waals surface area contributed by atoms with Crippen LogP contribution in [0.5, 0.6) is 0 Å². The van der Waals surface area contributed by atoms with Crippen molar-refractivity contribution in [1.82, 2.24) is 24.8 Å². The molecule has 6 nitrogen and oxygen atoms in total. The molecule has 7 heteroatoms. The van der Waals surface area contributed by atoms with Crippen LogP contribution in [0.3, 0.4) is 0 Å². The summed E-state index contributed by atoms with van der Waals surface area (Å²) in [5.74, 6) is 0.524. The molecule has 0 aliphatic rings. The van der Waals surface area contributed by atoms with E-state index < -0.39 is 0 Å². The predicted molar refractivity (Wildman–Crippen MR) is 92.8 cm³/mol. The first kappa shape index (κ1) is 16.2. The van der Waals surface area contributed by atoms with Crippen LogP contribution < -0.4 is 5.32 Å². The van der Waals surface area contributed by atoms with Gasteiger partial charge in [0.1, 0.15) is 11.9 Å². The molecule has 0 saturated heterocycles. The molecule has 1 amide bonds. The number of amides is 1. The Morgan fingerprint density at radius 2 is 1.88 bits per heavy atom. The van der Waals surface area contributed by atoms with E-state index in [2.05, 4.69) is 20.3 Å². The van der Waals surface area contributed by atoms with Crippen LogP contribution in [-0.2, 0) is 7.05 Å². The number of nitrogens with one attached hydrogen (secondary N) is 1. The van der Waals surface area contributed by atoms with Gasteiger partial charge in [-0.2, -0.15) is 0 Å². The van der Waals surface area contributed by atoms with Crippen LogP contribution >= 0.6 is 11.8 Å². The summed E-state index contributed by atoms with van der Waals surface area (Å²) in [7, 11) is 1.90. The van der Waals surface area contributed by atoms with Crippen molar-refractivity contribution in [3.05, 3.63) is 72.1 Å². The number of hydrogen-bond acceptors (Lipinski definition) is 5. The normalized spacial score (nSPS) is 11.9. The summed E-state index contributed by atoms with van der Waals surface area (Å²) in [4.78, 5) is 25.3. The van der Waals surface area contributed by atoms with E-state index in [1.165, 1.54) is 24.2 Å². The molecule has 2 heterocycles. The van der Waals surface area contributed by atoms with Crippen LogP contribution in [0.2, 0.25) is 0 Å².